The molecular weight excluding hydrogens is 307 g/mol. The highest BCUT2D eigenvalue weighted by Gasteiger charge is 2.13. The second-order valence-corrected chi connectivity index (χ2v) is 5.78. The number of amides is 1. The molecule has 5 heteroatoms. The van der Waals surface area contributed by atoms with E-state index in [2.05, 4.69) is 10.3 Å². The molecule has 1 amide bonds. The van der Waals surface area contributed by atoms with Crippen molar-refractivity contribution < 1.29 is 4.79 Å². The van der Waals surface area contributed by atoms with Gasteiger partial charge in [0.15, 0.2) is 0 Å². The van der Waals surface area contributed by atoms with E-state index in [4.69, 9.17) is 23.2 Å². The molecule has 0 saturated heterocycles. The Balaban J connectivity index is 2.20. The van der Waals surface area contributed by atoms with Crippen molar-refractivity contribution in [1.29, 1.82) is 0 Å². The summed E-state index contributed by atoms with van der Waals surface area (Å²) < 4.78 is 0. The maximum absolute atomic E-state index is 12.2. The van der Waals surface area contributed by atoms with Gasteiger partial charge < -0.3 is 5.32 Å². The molecule has 0 bridgehead atoms. The summed E-state index contributed by atoms with van der Waals surface area (Å²) in [6.45, 7) is 5.74. The second-order valence-electron chi connectivity index (χ2n) is 4.97. The number of rotatable bonds is 3. The van der Waals surface area contributed by atoms with Gasteiger partial charge >= 0.3 is 0 Å². The molecule has 0 radical (unpaired) electrons. The number of benzene rings is 1. The van der Waals surface area contributed by atoms with Crippen LogP contribution >= 0.6 is 23.2 Å². The standard InChI is InChI=1S/C16H16Cl2N2O/c1-9-7-10(2)19-11(3)16(9)20-15(21)8-12-13(17)5-4-6-14(12)18/h4-7H,8H2,1-3H3,(H,20,21). The molecule has 0 aliphatic heterocycles. The number of anilines is 1. The van der Waals surface area contributed by atoms with Crippen molar-refractivity contribution in [3.8, 4) is 0 Å². The highest BCUT2D eigenvalue weighted by molar-refractivity contribution is 6.36. The summed E-state index contributed by atoms with van der Waals surface area (Å²) in [7, 11) is 0. The van der Waals surface area contributed by atoms with Gasteiger partial charge in [-0.3, -0.25) is 9.78 Å². The zero-order chi connectivity index (χ0) is 15.6. The van der Waals surface area contributed by atoms with Crippen molar-refractivity contribution in [3.05, 3.63) is 56.8 Å². The Morgan fingerprint density at radius 3 is 2.38 bits per heavy atom. The van der Waals surface area contributed by atoms with Gasteiger partial charge in [0.2, 0.25) is 5.91 Å². The number of carbonyl (C=O) groups excluding carboxylic acids is 1. The van der Waals surface area contributed by atoms with E-state index in [9.17, 15) is 4.79 Å². The van der Waals surface area contributed by atoms with Crippen LogP contribution in [0.15, 0.2) is 24.3 Å². The predicted octanol–water partition coefficient (Wildman–Crippen LogP) is 4.49. The zero-order valence-corrected chi connectivity index (χ0v) is 13.6. The van der Waals surface area contributed by atoms with Crippen LogP contribution in [-0.4, -0.2) is 10.9 Å². The quantitative estimate of drug-likeness (QED) is 0.904. The van der Waals surface area contributed by atoms with Gasteiger partial charge in [-0.05, 0) is 50.1 Å². The summed E-state index contributed by atoms with van der Waals surface area (Å²) in [5, 5.41) is 3.88. The first-order chi connectivity index (χ1) is 9.88. The van der Waals surface area contributed by atoms with Crippen molar-refractivity contribution in [3.63, 3.8) is 0 Å². The number of aromatic nitrogens is 1. The molecule has 0 atom stereocenters. The van der Waals surface area contributed by atoms with E-state index in [1.807, 2.05) is 26.8 Å². The summed E-state index contributed by atoms with van der Waals surface area (Å²) >= 11 is 12.2. The van der Waals surface area contributed by atoms with Gasteiger partial charge in [-0.25, -0.2) is 0 Å². The third-order valence-electron chi connectivity index (χ3n) is 3.19. The Hall–Kier alpha value is -1.58. The average molecular weight is 323 g/mol. The SMILES string of the molecule is Cc1cc(C)c(NC(=O)Cc2c(Cl)cccc2Cl)c(C)n1. The lowest BCUT2D eigenvalue weighted by Crippen LogP contribution is -2.17. The Morgan fingerprint density at radius 1 is 1.19 bits per heavy atom. The zero-order valence-electron chi connectivity index (χ0n) is 12.1. The molecule has 3 nitrogen and oxygen atoms in total. The maximum atomic E-state index is 12.2. The van der Waals surface area contributed by atoms with E-state index in [1.165, 1.54) is 0 Å². The molecule has 0 unspecified atom stereocenters. The number of nitrogens with zero attached hydrogens (tertiary/aromatic N) is 1. The minimum Gasteiger partial charge on any atom is -0.324 e. The molecular formula is C16H16Cl2N2O. The van der Waals surface area contributed by atoms with Gasteiger partial charge in [0, 0.05) is 15.7 Å². The van der Waals surface area contributed by atoms with Crippen LogP contribution in [0.2, 0.25) is 10.0 Å². The molecule has 0 spiro atoms. The highest BCUT2D eigenvalue weighted by Crippen LogP contribution is 2.25. The summed E-state index contributed by atoms with van der Waals surface area (Å²) in [5.41, 5.74) is 4.09. The van der Waals surface area contributed by atoms with Gasteiger partial charge in [-0.15, -0.1) is 0 Å². The Bertz CT molecular complexity index is 655. The number of halogens is 2. The molecule has 0 fully saturated rings. The fraction of sp³-hybridized carbons (Fsp3) is 0.250. The van der Waals surface area contributed by atoms with Crippen molar-refractivity contribution in [2.75, 3.05) is 5.32 Å². The molecule has 0 saturated carbocycles. The number of nitrogens with one attached hydrogen (secondary N) is 1. The summed E-state index contributed by atoms with van der Waals surface area (Å²) in [6.07, 6.45) is 0.130. The molecule has 1 N–H and O–H groups in total. The summed E-state index contributed by atoms with van der Waals surface area (Å²) in [5.74, 6) is -0.165. The molecule has 1 aromatic heterocycles. The number of aryl methyl sites for hydroxylation is 3. The van der Waals surface area contributed by atoms with Gasteiger partial charge in [-0.1, -0.05) is 29.3 Å². The smallest absolute Gasteiger partial charge is 0.228 e. The maximum Gasteiger partial charge on any atom is 0.228 e. The fourth-order valence-electron chi connectivity index (χ4n) is 2.26. The van der Waals surface area contributed by atoms with Crippen LogP contribution in [0.1, 0.15) is 22.5 Å². The monoisotopic (exact) mass is 322 g/mol. The molecule has 2 rings (SSSR count). The Kier molecular flexibility index (Phi) is 4.86. The lowest BCUT2D eigenvalue weighted by atomic mass is 10.1. The van der Waals surface area contributed by atoms with Crippen LogP contribution < -0.4 is 5.32 Å². The number of carbonyl (C=O) groups is 1. The largest absolute Gasteiger partial charge is 0.324 e. The summed E-state index contributed by atoms with van der Waals surface area (Å²) in [4.78, 5) is 16.6. The molecule has 0 aliphatic rings. The van der Waals surface area contributed by atoms with E-state index in [0.29, 0.717) is 15.6 Å². The van der Waals surface area contributed by atoms with E-state index < -0.39 is 0 Å². The van der Waals surface area contributed by atoms with Gasteiger partial charge in [-0.2, -0.15) is 0 Å². The number of hydrogen-bond donors (Lipinski definition) is 1. The van der Waals surface area contributed by atoms with Crippen molar-refractivity contribution in [1.82, 2.24) is 4.98 Å². The number of pyridine rings is 1. The minimum absolute atomic E-state index is 0.130. The first-order valence-corrected chi connectivity index (χ1v) is 7.31. The minimum atomic E-state index is -0.165. The van der Waals surface area contributed by atoms with Crippen LogP contribution in [0.4, 0.5) is 5.69 Å². The van der Waals surface area contributed by atoms with Crippen molar-refractivity contribution >= 4 is 34.8 Å². The third-order valence-corrected chi connectivity index (χ3v) is 3.90. The molecule has 110 valence electrons. The molecule has 0 aliphatic carbocycles. The third kappa shape index (κ3) is 3.74. The highest BCUT2D eigenvalue weighted by atomic mass is 35.5. The van der Waals surface area contributed by atoms with Gasteiger partial charge in [0.05, 0.1) is 17.8 Å². The first-order valence-electron chi connectivity index (χ1n) is 6.56. The van der Waals surface area contributed by atoms with E-state index in [1.54, 1.807) is 18.2 Å². The lowest BCUT2D eigenvalue weighted by molar-refractivity contribution is -0.115. The molecule has 2 aromatic rings. The molecule has 1 heterocycles. The summed E-state index contributed by atoms with van der Waals surface area (Å²) in [6, 6.07) is 7.13. The number of hydrogen-bond acceptors (Lipinski definition) is 2. The van der Waals surface area contributed by atoms with Gasteiger partial charge in [0.25, 0.3) is 0 Å². The van der Waals surface area contributed by atoms with Crippen molar-refractivity contribution in [2.45, 2.75) is 27.2 Å². The topological polar surface area (TPSA) is 42.0 Å². The van der Waals surface area contributed by atoms with Crippen LogP contribution in [-0.2, 0) is 11.2 Å². The second kappa shape index (κ2) is 6.46. The van der Waals surface area contributed by atoms with Gasteiger partial charge in [0.1, 0.15) is 0 Å². The Labute approximate surface area is 134 Å². The van der Waals surface area contributed by atoms with E-state index in [-0.39, 0.29) is 12.3 Å². The van der Waals surface area contributed by atoms with Crippen LogP contribution in [0.5, 0.6) is 0 Å². The molecule has 1 aromatic carbocycles. The normalized spacial score (nSPS) is 10.5. The van der Waals surface area contributed by atoms with Crippen LogP contribution in [0.3, 0.4) is 0 Å². The van der Waals surface area contributed by atoms with Crippen LogP contribution in [0.25, 0.3) is 0 Å². The van der Waals surface area contributed by atoms with E-state index >= 15 is 0 Å². The van der Waals surface area contributed by atoms with Crippen molar-refractivity contribution in [2.24, 2.45) is 0 Å². The molecule has 21 heavy (non-hydrogen) atoms. The average Bonchev–Trinajstić information content (AvgIpc) is 2.38. The fourth-order valence-corrected chi connectivity index (χ4v) is 2.79. The predicted molar refractivity (Wildman–Crippen MR) is 87.2 cm³/mol. The Morgan fingerprint density at radius 2 is 1.81 bits per heavy atom. The van der Waals surface area contributed by atoms with Crippen LogP contribution in [0, 0.1) is 20.8 Å². The lowest BCUT2D eigenvalue weighted by Gasteiger charge is -2.13. The first kappa shape index (κ1) is 15.8. The van der Waals surface area contributed by atoms with E-state index in [0.717, 1.165) is 22.6 Å².